The minimum Gasteiger partial charge on any atom is -0.448 e. The molecule has 0 bridgehead atoms. The predicted octanol–water partition coefficient (Wildman–Crippen LogP) is 4.24. The SMILES string of the molecule is Cc1ccc(C(=O)N(CCN)Cc2nc3c(oc4ccc(F)cc43)c(=O)n2Cc2ccccc2)cc1. The molecule has 5 aromatic rings. The van der Waals surface area contributed by atoms with Crippen LogP contribution in [0.4, 0.5) is 4.39 Å². The Hall–Kier alpha value is -4.30. The van der Waals surface area contributed by atoms with Gasteiger partial charge in [0.1, 0.15) is 22.7 Å². The highest BCUT2D eigenvalue weighted by Crippen LogP contribution is 2.26. The van der Waals surface area contributed by atoms with Crippen LogP contribution in [0.2, 0.25) is 0 Å². The Kier molecular flexibility index (Phi) is 6.35. The molecular weight excluding hydrogens is 459 g/mol. The van der Waals surface area contributed by atoms with Gasteiger partial charge in [0.05, 0.1) is 13.1 Å². The molecule has 5 rings (SSSR count). The van der Waals surface area contributed by atoms with Gasteiger partial charge in [0.2, 0.25) is 5.58 Å². The third-order valence-electron chi connectivity index (χ3n) is 6.12. The first-order chi connectivity index (χ1) is 17.4. The Balaban J connectivity index is 1.65. The molecule has 0 unspecified atom stereocenters. The summed E-state index contributed by atoms with van der Waals surface area (Å²) in [6.45, 7) is 2.74. The van der Waals surface area contributed by atoms with Gasteiger partial charge in [-0.15, -0.1) is 0 Å². The first kappa shape index (κ1) is 23.4. The molecule has 0 saturated heterocycles. The number of benzene rings is 3. The highest BCUT2D eigenvalue weighted by Gasteiger charge is 2.22. The van der Waals surface area contributed by atoms with Gasteiger partial charge in [-0.05, 0) is 42.8 Å². The minimum atomic E-state index is -0.457. The van der Waals surface area contributed by atoms with Gasteiger partial charge in [0, 0.05) is 24.0 Å². The first-order valence-electron chi connectivity index (χ1n) is 11.7. The van der Waals surface area contributed by atoms with Crippen LogP contribution in [0.1, 0.15) is 27.3 Å². The van der Waals surface area contributed by atoms with Crippen molar-refractivity contribution in [2.45, 2.75) is 20.0 Å². The summed E-state index contributed by atoms with van der Waals surface area (Å²) >= 11 is 0. The quantitative estimate of drug-likeness (QED) is 0.373. The van der Waals surface area contributed by atoms with Gasteiger partial charge in [-0.3, -0.25) is 14.2 Å². The molecule has 36 heavy (non-hydrogen) atoms. The number of amides is 1. The zero-order valence-corrected chi connectivity index (χ0v) is 19.8. The summed E-state index contributed by atoms with van der Waals surface area (Å²) in [5, 5.41) is 0.408. The second kappa shape index (κ2) is 9.75. The average molecular weight is 485 g/mol. The molecule has 2 heterocycles. The van der Waals surface area contributed by atoms with Crippen LogP contribution >= 0.6 is 0 Å². The minimum absolute atomic E-state index is 0.0455. The lowest BCUT2D eigenvalue weighted by Gasteiger charge is -2.23. The number of aromatic nitrogens is 2. The molecule has 2 N–H and O–H groups in total. The standard InChI is InChI=1S/C28H25FN4O3/c1-18-7-9-20(10-8-18)27(34)32(14-13-30)17-24-31-25-22-15-21(29)11-12-23(22)36-26(25)28(35)33(24)16-19-5-3-2-4-6-19/h2-12,15H,13-14,16-17,30H2,1H3. The number of aryl methyl sites for hydroxylation is 1. The zero-order chi connectivity index (χ0) is 25.2. The maximum atomic E-state index is 14.0. The largest absolute Gasteiger partial charge is 0.448 e. The van der Waals surface area contributed by atoms with E-state index < -0.39 is 11.4 Å². The fraction of sp³-hybridized carbons (Fsp3) is 0.179. The maximum Gasteiger partial charge on any atom is 0.297 e. The number of fused-ring (bicyclic) bond motifs is 3. The van der Waals surface area contributed by atoms with E-state index >= 15 is 0 Å². The van der Waals surface area contributed by atoms with Crippen molar-refractivity contribution in [2.75, 3.05) is 13.1 Å². The predicted molar refractivity (Wildman–Crippen MR) is 136 cm³/mol. The fourth-order valence-electron chi connectivity index (χ4n) is 4.25. The molecule has 0 spiro atoms. The molecule has 0 aliphatic carbocycles. The average Bonchev–Trinajstić information content (AvgIpc) is 3.24. The van der Waals surface area contributed by atoms with E-state index in [0.29, 0.717) is 22.4 Å². The summed E-state index contributed by atoms with van der Waals surface area (Å²) in [5.41, 5.74) is 8.57. The van der Waals surface area contributed by atoms with Crippen molar-refractivity contribution < 1.29 is 13.6 Å². The fourth-order valence-corrected chi connectivity index (χ4v) is 4.25. The van der Waals surface area contributed by atoms with Crippen LogP contribution in [0.5, 0.6) is 0 Å². The molecule has 3 aromatic carbocycles. The van der Waals surface area contributed by atoms with Crippen molar-refractivity contribution in [1.82, 2.24) is 14.5 Å². The number of nitrogens with two attached hydrogens (primary N) is 1. The summed E-state index contributed by atoms with van der Waals surface area (Å²) in [7, 11) is 0. The van der Waals surface area contributed by atoms with Crippen molar-refractivity contribution in [3.05, 3.63) is 111 Å². The van der Waals surface area contributed by atoms with E-state index in [1.807, 2.05) is 49.4 Å². The van der Waals surface area contributed by atoms with Crippen LogP contribution in [0.25, 0.3) is 22.1 Å². The Morgan fingerprint density at radius 3 is 2.56 bits per heavy atom. The number of rotatable bonds is 7. The van der Waals surface area contributed by atoms with Gasteiger partial charge in [-0.1, -0.05) is 48.0 Å². The number of hydrogen-bond donors (Lipinski definition) is 1. The van der Waals surface area contributed by atoms with E-state index in [4.69, 9.17) is 15.1 Å². The summed E-state index contributed by atoms with van der Waals surface area (Å²) in [6.07, 6.45) is 0. The van der Waals surface area contributed by atoms with Crippen molar-refractivity contribution >= 4 is 28.0 Å². The van der Waals surface area contributed by atoms with Crippen LogP contribution < -0.4 is 11.3 Å². The van der Waals surface area contributed by atoms with Crippen LogP contribution in [-0.4, -0.2) is 33.4 Å². The lowest BCUT2D eigenvalue weighted by Crippen LogP contribution is -2.37. The van der Waals surface area contributed by atoms with Gasteiger partial charge in [0.15, 0.2) is 0 Å². The van der Waals surface area contributed by atoms with Gasteiger partial charge in [-0.2, -0.15) is 0 Å². The zero-order valence-electron chi connectivity index (χ0n) is 19.8. The van der Waals surface area contributed by atoms with Gasteiger partial charge >= 0.3 is 0 Å². The third kappa shape index (κ3) is 4.50. The number of carbonyl (C=O) groups excluding carboxylic acids is 1. The number of hydrogen-bond acceptors (Lipinski definition) is 5. The highest BCUT2D eigenvalue weighted by atomic mass is 19.1. The Morgan fingerprint density at radius 1 is 1.08 bits per heavy atom. The van der Waals surface area contributed by atoms with Crippen LogP contribution in [0.15, 0.2) is 82.0 Å². The second-order valence-corrected chi connectivity index (χ2v) is 8.71. The molecule has 0 atom stereocenters. The van der Waals surface area contributed by atoms with Gasteiger partial charge < -0.3 is 15.1 Å². The number of halogens is 1. The van der Waals surface area contributed by atoms with Crippen LogP contribution in [0.3, 0.4) is 0 Å². The Morgan fingerprint density at radius 2 is 1.83 bits per heavy atom. The molecule has 0 aliphatic rings. The van der Waals surface area contributed by atoms with Crippen LogP contribution in [-0.2, 0) is 13.1 Å². The maximum absolute atomic E-state index is 14.0. The molecule has 7 nitrogen and oxygen atoms in total. The molecule has 0 saturated carbocycles. The molecular formula is C28H25FN4O3. The Labute approximate surface area is 206 Å². The normalized spacial score (nSPS) is 11.3. The molecule has 0 radical (unpaired) electrons. The number of carbonyl (C=O) groups is 1. The lowest BCUT2D eigenvalue weighted by molar-refractivity contribution is 0.0742. The molecule has 8 heteroatoms. The molecule has 1 amide bonds. The molecule has 0 aliphatic heterocycles. The van der Waals surface area contributed by atoms with Crippen molar-refractivity contribution in [1.29, 1.82) is 0 Å². The van der Waals surface area contributed by atoms with Gasteiger partial charge in [0.25, 0.3) is 11.5 Å². The summed E-state index contributed by atoms with van der Waals surface area (Å²) in [6, 6.07) is 20.8. The first-order valence-corrected chi connectivity index (χ1v) is 11.7. The van der Waals surface area contributed by atoms with E-state index in [0.717, 1.165) is 11.1 Å². The lowest BCUT2D eigenvalue weighted by atomic mass is 10.1. The van der Waals surface area contributed by atoms with Crippen molar-refractivity contribution in [3.63, 3.8) is 0 Å². The second-order valence-electron chi connectivity index (χ2n) is 8.71. The number of nitrogens with zero attached hydrogens (tertiary/aromatic N) is 3. The van der Waals surface area contributed by atoms with E-state index in [2.05, 4.69) is 0 Å². The summed E-state index contributed by atoms with van der Waals surface area (Å²) in [5.74, 6) is -0.317. The monoisotopic (exact) mass is 484 g/mol. The van der Waals surface area contributed by atoms with E-state index in [1.165, 1.54) is 22.8 Å². The van der Waals surface area contributed by atoms with E-state index in [9.17, 15) is 14.0 Å². The van der Waals surface area contributed by atoms with Crippen molar-refractivity contribution in [2.24, 2.45) is 5.73 Å². The summed E-state index contributed by atoms with van der Waals surface area (Å²) < 4.78 is 21.3. The topological polar surface area (TPSA) is 94.4 Å². The highest BCUT2D eigenvalue weighted by molar-refractivity contribution is 6.02. The molecule has 2 aromatic heterocycles. The number of furan rings is 1. The van der Waals surface area contributed by atoms with Gasteiger partial charge in [-0.25, -0.2) is 9.37 Å². The van der Waals surface area contributed by atoms with E-state index in [1.54, 1.807) is 17.0 Å². The third-order valence-corrected chi connectivity index (χ3v) is 6.12. The van der Waals surface area contributed by atoms with Crippen molar-refractivity contribution in [3.8, 4) is 0 Å². The Bertz CT molecular complexity index is 1610. The van der Waals surface area contributed by atoms with E-state index in [-0.39, 0.29) is 43.2 Å². The smallest absolute Gasteiger partial charge is 0.297 e. The molecule has 182 valence electrons. The summed E-state index contributed by atoms with van der Waals surface area (Å²) in [4.78, 5) is 33.3. The molecule has 0 fully saturated rings. The van der Waals surface area contributed by atoms with Crippen LogP contribution in [0, 0.1) is 12.7 Å².